The smallest absolute Gasteiger partial charge is 0.124 e. The van der Waals surface area contributed by atoms with Gasteiger partial charge in [-0.3, -0.25) is 0 Å². The zero-order chi connectivity index (χ0) is 14.0. The van der Waals surface area contributed by atoms with E-state index in [-0.39, 0.29) is 12.2 Å². The largest absolute Gasteiger partial charge is 0.487 e. The predicted molar refractivity (Wildman–Crippen MR) is 79.2 cm³/mol. The summed E-state index contributed by atoms with van der Waals surface area (Å²) in [7, 11) is 0. The van der Waals surface area contributed by atoms with E-state index in [9.17, 15) is 5.11 Å². The van der Waals surface area contributed by atoms with E-state index in [2.05, 4.69) is 13.8 Å². The zero-order valence-corrected chi connectivity index (χ0v) is 12.7. The highest BCUT2D eigenvalue weighted by Gasteiger charge is 2.25. The average molecular weight is 283 g/mol. The van der Waals surface area contributed by atoms with E-state index in [1.807, 2.05) is 19.1 Å². The minimum Gasteiger partial charge on any atom is -0.487 e. The van der Waals surface area contributed by atoms with Crippen molar-refractivity contribution in [2.45, 2.75) is 64.6 Å². The highest BCUT2D eigenvalue weighted by Crippen LogP contribution is 2.33. The van der Waals surface area contributed by atoms with Crippen LogP contribution in [0.5, 0.6) is 5.75 Å². The number of halogens is 1. The highest BCUT2D eigenvalue weighted by molar-refractivity contribution is 6.31. The number of rotatable bonds is 3. The zero-order valence-electron chi connectivity index (χ0n) is 11.9. The highest BCUT2D eigenvalue weighted by atomic mass is 35.5. The van der Waals surface area contributed by atoms with Crippen molar-refractivity contribution in [1.82, 2.24) is 0 Å². The number of aliphatic hydroxyl groups is 1. The molecule has 1 aliphatic rings. The van der Waals surface area contributed by atoms with Gasteiger partial charge in [0.25, 0.3) is 0 Å². The Kier molecular flexibility index (Phi) is 4.75. The number of aryl methyl sites for hydroxylation is 1. The van der Waals surface area contributed by atoms with Crippen molar-refractivity contribution in [3.63, 3.8) is 0 Å². The maximum atomic E-state index is 10.0. The molecule has 106 valence electrons. The first-order valence-corrected chi connectivity index (χ1v) is 7.51. The van der Waals surface area contributed by atoms with Gasteiger partial charge < -0.3 is 9.84 Å². The molecule has 1 aliphatic carbocycles. The molecule has 1 aromatic carbocycles. The molecule has 3 heteroatoms. The van der Waals surface area contributed by atoms with E-state index in [0.29, 0.717) is 5.92 Å². The normalized spacial score (nSPS) is 23.7. The minimum absolute atomic E-state index is 0.0753. The average Bonchev–Trinajstić information content (AvgIpc) is 2.34. The maximum Gasteiger partial charge on any atom is 0.124 e. The monoisotopic (exact) mass is 282 g/mol. The molecule has 1 saturated carbocycles. The summed E-state index contributed by atoms with van der Waals surface area (Å²) in [6.45, 7) is 6.24. The van der Waals surface area contributed by atoms with Crippen molar-refractivity contribution in [2.24, 2.45) is 0 Å². The third-order valence-electron chi connectivity index (χ3n) is 3.86. The van der Waals surface area contributed by atoms with Crippen molar-refractivity contribution < 1.29 is 9.84 Å². The van der Waals surface area contributed by atoms with Crippen LogP contribution in [0.3, 0.4) is 0 Å². The van der Waals surface area contributed by atoms with Crippen LogP contribution in [0.2, 0.25) is 5.02 Å². The lowest BCUT2D eigenvalue weighted by Gasteiger charge is -2.29. The summed E-state index contributed by atoms with van der Waals surface area (Å²) in [5.74, 6) is 1.23. The van der Waals surface area contributed by atoms with Crippen molar-refractivity contribution in [3.8, 4) is 5.75 Å². The van der Waals surface area contributed by atoms with Gasteiger partial charge in [0.05, 0.1) is 6.10 Å². The van der Waals surface area contributed by atoms with Crippen LogP contribution < -0.4 is 4.74 Å². The van der Waals surface area contributed by atoms with Gasteiger partial charge in [0, 0.05) is 5.02 Å². The number of hydrogen-bond acceptors (Lipinski definition) is 2. The van der Waals surface area contributed by atoms with E-state index in [0.717, 1.165) is 47.6 Å². The van der Waals surface area contributed by atoms with Gasteiger partial charge in [0.1, 0.15) is 11.9 Å². The molecular formula is C16H23ClO2. The molecule has 0 unspecified atom stereocenters. The van der Waals surface area contributed by atoms with Crippen LogP contribution in [0.25, 0.3) is 0 Å². The number of aliphatic hydroxyl groups excluding tert-OH is 1. The van der Waals surface area contributed by atoms with Crippen molar-refractivity contribution >= 4 is 11.6 Å². The fraction of sp³-hybridized carbons (Fsp3) is 0.625. The van der Waals surface area contributed by atoms with Crippen LogP contribution in [-0.4, -0.2) is 17.3 Å². The Bertz CT molecular complexity index is 443. The first-order chi connectivity index (χ1) is 8.99. The van der Waals surface area contributed by atoms with Gasteiger partial charge in [-0.2, -0.15) is 0 Å². The van der Waals surface area contributed by atoms with E-state index < -0.39 is 0 Å². The SMILES string of the molecule is Cc1cc(Cl)c(C(C)C)cc1O[C@@H]1CCCC[C@H]1O. The third kappa shape index (κ3) is 3.43. The lowest BCUT2D eigenvalue weighted by atomic mass is 9.94. The summed E-state index contributed by atoms with van der Waals surface area (Å²) in [6, 6.07) is 3.99. The molecule has 2 atom stereocenters. The third-order valence-corrected chi connectivity index (χ3v) is 4.19. The Morgan fingerprint density at radius 2 is 1.95 bits per heavy atom. The summed E-state index contributed by atoms with van der Waals surface area (Å²) in [5.41, 5.74) is 2.14. The van der Waals surface area contributed by atoms with Crippen LogP contribution in [0.1, 0.15) is 56.6 Å². The summed E-state index contributed by atoms with van der Waals surface area (Å²) >= 11 is 6.26. The Balaban J connectivity index is 2.21. The molecular weight excluding hydrogens is 260 g/mol. The Morgan fingerprint density at radius 1 is 1.26 bits per heavy atom. The van der Waals surface area contributed by atoms with E-state index in [1.54, 1.807) is 0 Å². The molecule has 19 heavy (non-hydrogen) atoms. The van der Waals surface area contributed by atoms with Gasteiger partial charge >= 0.3 is 0 Å². The van der Waals surface area contributed by atoms with Crippen molar-refractivity contribution in [2.75, 3.05) is 0 Å². The maximum absolute atomic E-state index is 10.0. The van der Waals surface area contributed by atoms with Gasteiger partial charge in [-0.15, -0.1) is 0 Å². The Morgan fingerprint density at radius 3 is 2.58 bits per heavy atom. The summed E-state index contributed by atoms with van der Waals surface area (Å²) in [4.78, 5) is 0. The Hall–Kier alpha value is -0.730. The van der Waals surface area contributed by atoms with E-state index >= 15 is 0 Å². The minimum atomic E-state index is -0.341. The van der Waals surface area contributed by atoms with E-state index in [1.165, 1.54) is 0 Å². The molecule has 0 spiro atoms. The number of benzene rings is 1. The van der Waals surface area contributed by atoms with Gasteiger partial charge in [-0.05, 0) is 55.4 Å². The van der Waals surface area contributed by atoms with Gasteiger partial charge in [-0.1, -0.05) is 31.9 Å². The molecule has 0 radical (unpaired) electrons. The standard InChI is InChI=1S/C16H23ClO2/c1-10(2)12-9-16(11(3)8-13(12)17)19-15-7-5-4-6-14(15)18/h8-10,14-15,18H,4-7H2,1-3H3/t14-,15-/m1/s1. The molecule has 0 aromatic heterocycles. The van der Waals surface area contributed by atoms with Gasteiger partial charge in [0.2, 0.25) is 0 Å². The van der Waals surface area contributed by atoms with Crippen molar-refractivity contribution in [3.05, 3.63) is 28.3 Å². The molecule has 1 N–H and O–H groups in total. The topological polar surface area (TPSA) is 29.5 Å². The molecule has 2 rings (SSSR count). The molecule has 1 fully saturated rings. The summed E-state index contributed by atoms with van der Waals surface area (Å²) in [6.07, 6.45) is 3.58. The van der Waals surface area contributed by atoms with Crippen molar-refractivity contribution in [1.29, 1.82) is 0 Å². The lowest BCUT2D eigenvalue weighted by molar-refractivity contribution is 0.00650. The predicted octanol–water partition coefficient (Wildman–Crippen LogP) is 4.45. The molecule has 2 nitrogen and oxygen atoms in total. The van der Waals surface area contributed by atoms with Crippen LogP contribution >= 0.6 is 11.6 Å². The second-order valence-electron chi connectivity index (χ2n) is 5.80. The van der Waals surface area contributed by atoms with Crippen LogP contribution in [0.4, 0.5) is 0 Å². The summed E-state index contributed by atoms with van der Waals surface area (Å²) < 4.78 is 6.04. The second-order valence-corrected chi connectivity index (χ2v) is 6.21. The molecule has 0 aliphatic heterocycles. The number of hydrogen-bond donors (Lipinski definition) is 1. The first-order valence-electron chi connectivity index (χ1n) is 7.13. The Labute approximate surface area is 120 Å². The fourth-order valence-electron chi connectivity index (χ4n) is 2.62. The van der Waals surface area contributed by atoms with E-state index in [4.69, 9.17) is 16.3 Å². The lowest BCUT2D eigenvalue weighted by Crippen LogP contribution is -2.34. The quantitative estimate of drug-likeness (QED) is 0.887. The molecule has 0 saturated heterocycles. The van der Waals surface area contributed by atoms with Crippen LogP contribution in [-0.2, 0) is 0 Å². The van der Waals surface area contributed by atoms with Crippen LogP contribution in [0.15, 0.2) is 12.1 Å². The van der Waals surface area contributed by atoms with Gasteiger partial charge in [-0.25, -0.2) is 0 Å². The molecule has 0 heterocycles. The van der Waals surface area contributed by atoms with Gasteiger partial charge in [0.15, 0.2) is 0 Å². The second kappa shape index (κ2) is 6.15. The molecule has 1 aromatic rings. The van der Waals surface area contributed by atoms with Crippen LogP contribution in [0, 0.1) is 6.92 Å². The molecule has 0 amide bonds. The fourth-order valence-corrected chi connectivity index (χ4v) is 3.05. The number of ether oxygens (including phenoxy) is 1. The first kappa shape index (κ1) is 14.7. The summed E-state index contributed by atoms with van der Waals surface area (Å²) in [5, 5.41) is 10.8. The molecule has 0 bridgehead atoms.